The van der Waals surface area contributed by atoms with E-state index < -0.39 is 0 Å². The summed E-state index contributed by atoms with van der Waals surface area (Å²) in [4.78, 5) is 11.1. The molecular formula is C9H12O3. The van der Waals surface area contributed by atoms with Crippen molar-refractivity contribution in [3.63, 3.8) is 0 Å². The average Bonchev–Trinajstić information content (AvgIpc) is 2.47. The molecule has 0 N–H and O–H groups in total. The number of furan rings is 1. The molecule has 0 aliphatic carbocycles. The van der Waals surface area contributed by atoms with Gasteiger partial charge in [0.1, 0.15) is 5.76 Å². The van der Waals surface area contributed by atoms with Crippen LogP contribution < -0.4 is 0 Å². The summed E-state index contributed by atoms with van der Waals surface area (Å²) in [5.41, 5.74) is 0. The van der Waals surface area contributed by atoms with Crippen molar-refractivity contribution >= 4 is 5.97 Å². The summed E-state index contributed by atoms with van der Waals surface area (Å²) in [5.74, 6) is 0.615. The lowest BCUT2D eigenvalue weighted by atomic mass is 10.4. The predicted octanol–water partition coefficient (Wildman–Crippen LogP) is 2.15. The molecule has 0 fully saturated rings. The maximum atomic E-state index is 11.1. The molecule has 0 aliphatic heterocycles. The van der Waals surface area contributed by atoms with E-state index in [1.54, 1.807) is 19.1 Å². The molecule has 12 heavy (non-hydrogen) atoms. The molecule has 1 rings (SSSR count). The maximum absolute atomic E-state index is 11.1. The molecule has 0 unspecified atom stereocenters. The Morgan fingerprint density at radius 1 is 1.58 bits per heavy atom. The van der Waals surface area contributed by atoms with Crippen LogP contribution in [-0.4, -0.2) is 12.6 Å². The van der Waals surface area contributed by atoms with Crippen molar-refractivity contribution in [3.05, 3.63) is 23.7 Å². The van der Waals surface area contributed by atoms with Crippen LogP contribution in [0.3, 0.4) is 0 Å². The number of hydrogen-bond acceptors (Lipinski definition) is 3. The highest BCUT2D eigenvalue weighted by Gasteiger charge is 2.09. The van der Waals surface area contributed by atoms with Crippen molar-refractivity contribution in [3.8, 4) is 0 Å². The fourth-order valence-electron chi connectivity index (χ4n) is 0.810. The van der Waals surface area contributed by atoms with Crippen molar-refractivity contribution < 1.29 is 13.9 Å². The quantitative estimate of drug-likeness (QED) is 0.649. The minimum atomic E-state index is -0.384. The molecule has 0 saturated carbocycles. The van der Waals surface area contributed by atoms with Gasteiger partial charge in [-0.15, -0.1) is 0 Å². The molecule has 0 aromatic carbocycles. The largest absolute Gasteiger partial charge is 0.460 e. The van der Waals surface area contributed by atoms with Crippen LogP contribution in [0.4, 0.5) is 0 Å². The molecule has 3 heteroatoms. The number of aryl methyl sites for hydroxylation is 1. The molecule has 1 aromatic rings. The van der Waals surface area contributed by atoms with Gasteiger partial charge in [-0.05, 0) is 25.5 Å². The fourth-order valence-corrected chi connectivity index (χ4v) is 0.810. The first kappa shape index (κ1) is 8.84. The van der Waals surface area contributed by atoms with E-state index in [-0.39, 0.29) is 11.7 Å². The third kappa shape index (κ3) is 2.12. The molecule has 0 amide bonds. The minimum absolute atomic E-state index is 0.279. The Morgan fingerprint density at radius 3 is 2.83 bits per heavy atom. The number of rotatable bonds is 3. The van der Waals surface area contributed by atoms with E-state index in [1.165, 1.54) is 0 Å². The molecule has 1 heterocycles. The van der Waals surface area contributed by atoms with Gasteiger partial charge >= 0.3 is 5.97 Å². The second-order valence-electron chi connectivity index (χ2n) is 2.55. The highest BCUT2D eigenvalue weighted by atomic mass is 16.5. The average molecular weight is 168 g/mol. The Balaban J connectivity index is 2.53. The van der Waals surface area contributed by atoms with Gasteiger partial charge in [0.2, 0.25) is 5.76 Å². The molecule has 0 atom stereocenters. The van der Waals surface area contributed by atoms with Gasteiger partial charge in [0.25, 0.3) is 0 Å². The predicted molar refractivity (Wildman–Crippen MR) is 44.0 cm³/mol. The fraction of sp³-hybridized carbons (Fsp3) is 0.444. The maximum Gasteiger partial charge on any atom is 0.374 e. The van der Waals surface area contributed by atoms with Gasteiger partial charge in [-0.25, -0.2) is 4.79 Å². The summed E-state index contributed by atoms with van der Waals surface area (Å²) in [6.45, 7) is 4.18. The monoisotopic (exact) mass is 168 g/mol. The van der Waals surface area contributed by atoms with Gasteiger partial charge in [-0.2, -0.15) is 0 Å². The molecule has 66 valence electrons. The van der Waals surface area contributed by atoms with E-state index in [2.05, 4.69) is 0 Å². The third-order valence-electron chi connectivity index (χ3n) is 1.38. The number of esters is 1. The van der Waals surface area contributed by atoms with Crippen molar-refractivity contribution in [1.29, 1.82) is 0 Å². The van der Waals surface area contributed by atoms with Gasteiger partial charge in [0.05, 0.1) is 6.61 Å². The molecule has 0 bridgehead atoms. The second-order valence-corrected chi connectivity index (χ2v) is 2.55. The topological polar surface area (TPSA) is 39.4 Å². The molecular weight excluding hydrogens is 156 g/mol. The summed E-state index contributed by atoms with van der Waals surface area (Å²) in [7, 11) is 0. The van der Waals surface area contributed by atoms with Crippen LogP contribution in [0.15, 0.2) is 16.5 Å². The molecule has 0 spiro atoms. The zero-order valence-electron chi connectivity index (χ0n) is 7.29. The van der Waals surface area contributed by atoms with E-state index in [1.807, 2.05) is 6.92 Å². The van der Waals surface area contributed by atoms with Crippen molar-refractivity contribution in [2.45, 2.75) is 20.3 Å². The van der Waals surface area contributed by atoms with Crippen LogP contribution in [0.25, 0.3) is 0 Å². The van der Waals surface area contributed by atoms with E-state index in [4.69, 9.17) is 9.15 Å². The third-order valence-corrected chi connectivity index (χ3v) is 1.38. The SMILES string of the molecule is CCCOC(=O)c1ccc(C)o1. The summed E-state index contributed by atoms with van der Waals surface area (Å²) < 4.78 is 9.93. The standard InChI is InChI=1S/C9H12O3/c1-3-6-11-9(10)8-5-4-7(2)12-8/h4-5H,3,6H2,1-2H3. The van der Waals surface area contributed by atoms with E-state index in [9.17, 15) is 4.79 Å². The van der Waals surface area contributed by atoms with Gasteiger partial charge in [-0.3, -0.25) is 0 Å². The Bertz CT molecular complexity index is 262. The lowest BCUT2D eigenvalue weighted by Gasteiger charge is -1.98. The van der Waals surface area contributed by atoms with Crippen LogP contribution in [-0.2, 0) is 4.74 Å². The summed E-state index contributed by atoms with van der Waals surface area (Å²) in [6, 6.07) is 3.36. The van der Waals surface area contributed by atoms with E-state index >= 15 is 0 Å². The first-order chi connectivity index (χ1) is 5.74. The molecule has 3 nitrogen and oxygen atoms in total. The first-order valence-corrected chi connectivity index (χ1v) is 3.97. The minimum Gasteiger partial charge on any atom is -0.460 e. The molecule has 0 radical (unpaired) electrons. The van der Waals surface area contributed by atoms with Crippen LogP contribution in [0.2, 0.25) is 0 Å². The molecule has 0 saturated heterocycles. The van der Waals surface area contributed by atoms with Gasteiger partial charge < -0.3 is 9.15 Å². The van der Waals surface area contributed by atoms with Gasteiger partial charge in [0.15, 0.2) is 0 Å². The Kier molecular flexibility index (Phi) is 2.91. The lowest BCUT2D eigenvalue weighted by Crippen LogP contribution is -2.04. The highest BCUT2D eigenvalue weighted by molar-refractivity contribution is 5.86. The zero-order chi connectivity index (χ0) is 8.97. The van der Waals surface area contributed by atoms with E-state index in [0.29, 0.717) is 6.61 Å². The Hall–Kier alpha value is -1.25. The Labute approximate surface area is 71.3 Å². The van der Waals surface area contributed by atoms with Gasteiger partial charge in [0, 0.05) is 0 Å². The number of carbonyl (C=O) groups is 1. The van der Waals surface area contributed by atoms with E-state index in [0.717, 1.165) is 12.2 Å². The normalized spacial score (nSPS) is 9.83. The van der Waals surface area contributed by atoms with Crippen molar-refractivity contribution in [1.82, 2.24) is 0 Å². The lowest BCUT2D eigenvalue weighted by molar-refractivity contribution is 0.0467. The Morgan fingerprint density at radius 2 is 2.33 bits per heavy atom. The van der Waals surface area contributed by atoms with Crippen LogP contribution in [0.5, 0.6) is 0 Å². The first-order valence-electron chi connectivity index (χ1n) is 3.97. The number of ether oxygens (including phenoxy) is 1. The highest BCUT2D eigenvalue weighted by Crippen LogP contribution is 2.07. The summed E-state index contributed by atoms with van der Waals surface area (Å²) in [5, 5.41) is 0. The smallest absolute Gasteiger partial charge is 0.374 e. The van der Waals surface area contributed by atoms with Gasteiger partial charge in [-0.1, -0.05) is 6.92 Å². The molecule has 1 aromatic heterocycles. The number of carbonyl (C=O) groups excluding carboxylic acids is 1. The second kappa shape index (κ2) is 3.95. The van der Waals surface area contributed by atoms with Crippen LogP contribution >= 0.6 is 0 Å². The van der Waals surface area contributed by atoms with Crippen molar-refractivity contribution in [2.75, 3.05) is 6.61 Å². The molecule has 0 aliphatic rings. The van der Waals surface area contributed by atoms with Crippen LogP contribution in [0.1, 0.15) is 29.7 Å². The zero-order valence-corrected chi connectivity index (χ0v) is 7.29. The van der Waals surface area contributed by atoms with Crippen LogP contribution in [0, 0.1) is 6.92 Å². The van der Waals surface area contributed by atoms with Crippen molar-refractivity contribution in [2.24, 2.45) is 0 Å². The number of hydrogen-bond donors (Lipinski definition) is 0. The summed E-state index contributed by atoms with van der Waals surface area (Å²) in [6.07, 6.45) is 0.825. The summed E-state index contributed by atoms with van der Waals surface area (Å²) >= 11 is 0.